The quantitative estimate of drug-likeness (QED) is 0.456. The van der Waals surface area contributed by atoms with E-state index in [9.17, 15) is 0 Å². The number of nitrogens with two attached hydrogens (primary N) is 2. The highest BCUT2D eigenvalue weighted by Gasteiger charge is 2.20. The summed E-state index contributed by atoms with van der Waals surface area (Å²) < 4.78 is 0. The van der Waals surface area contributed by atoms with Crippen LogP contribution < -0.4 is 17.6 Å². The summed E-state index contributed by atoms with van der Waals surface area (Å²) in [4.78, 5) is 0. The van der Waals surface area contributed by atoms with Crippen LogP contribution in [0, 0.1) is 0 Å². The first-order chi connectivity index (χ1) is 3.80. The molecule has 0 spiro atoms. The molecule has 3 heteroatoms. The lowest BCUT2D eigenvalue weighted by atomic mass is 9.88. The number of benzene rings is 1. The van der Waals surface area contributed by atoms with Gasteiger partial charge in [0.2, 0.25) is 0 Å². The Labute approximate surface area is 53.2 Å². The van der Waals surface area contributed by atoms with Gasteiger partial charge in [-0.05, 0) is 0 Å². The van der Waals surface area contributed by atoms with Crippen molar-refractivity contribution in [3.05, 3.63) is 12.1 Å². The molecule has 0 aromatic rings. The summed E-state index contributed by atoms with van der Waals surface area (Å²) in [6.45, 7) is 0. The Morgan fingerprint density at radius 3 is 1.33 bits per heavy atom. The average molecular weight is 123 g/mol. The average Bonchev–Trinajstić information content (AvgIpc) is 1.64. The van der Waals surface area contributed by atoms with E-state index in [1.807, 2.05) is 12.1 Å². The molecule has 0 unspecified atom stereocenters. The SMILES string of the molecule is N.Nc1c2ccc-2c1N. The first kappa shape index (κ1) is 5.91. The molecule has 7 N–H and O–H groups in total. The Morgan fingerprint density at radius 2 is 1.22 bits per heavy atom. The van der Waals surface area contributed by atoms with Crippen LogP contribution in [0.5, 0.6) is 0 Å². The maximum Gasteiger partial charge on any atom is 0.0634 e. The molecule has 0 aromatic heterocycles. The lowest BCUT2D eigenvalue weighted by molar-refractivity contribution is 1.53. The van der Waals surface area contributed by atoms with Crippen molar-refractivity contribution in [2.45, 2.75) is 0 Å². The zero-order chi connectivity index (χ0) is 5.72. The third-order valence-corrected chi connectivity index (χ3v) is 1.58. The van der Waals surface area contributed by atoms with E-state index >= 15 is 0 Å². The zero-order valence-electron chi connectivity index (χ0n) is 5.02. The highest BCUT2D eigenvalue weighted by atomic mass is 14.7. The first-order valence-electron chi connectivity index (χ1n) is 2.49. The Kier molecular flexibility index (Phi) is 0.910. The minimum atomic E-state index is 0. The zero-order valence-corrected chi connectivity index (χ0v) is 5.02. The molecule has 0 aromatic carbocycles. The third kappa shape index (κ3) is 0.396. The van der Waals surface area contributed by atoms with Crippen molar-refractivity contribution in [2.24, 2.45) is 0 Å². The molecule has 0 amide bonds. The second-order valence-electron chi connectivity index (χ2n) is 1.99. The summed E-state index contributed by atoms with van der Waals surface area (Å²) >= 11 is 0. The van der Waals surface area contributed by atoms with Crippen LogP contribution >= 0.6 is 0 Å². The van der Waals surface area contributed by atoms with Gasteiger partial charge in [-0.25, -0.2) is 0 Å². The van der Waals surface area contributed by atoms with Gasteiger partial charge in [-0.2, -0.15) is 0 Å². The molecule has 0 fully saturated rings. The molecule has 2 rings (SSSR count). The van der Waals surface area contributed by atoms with Gasteiger partial charge in [-0.3, -0.25) is 0 Å². The molecule has 0 saturated heterocycles. The van der Waals surface area contributed by atoms with Crippen LogP contribution in [0.3, 0.4) is 0 Å². The summed E-state index contributed by atoms with van der Waals surface area (Å²) in [6.07, 6.45) is 0. The largest absolute Gasteiger partial charge is 0.397 e. The van der Waals surface area contributed by atoms with Crippen LogP contribution in [0.1, 0.15) is 0 Å². The molecule has 48 valence electrons. The molecule has 0 saturated carbocycles. The van der Waals surface area contributed by atoms with E-state index < -0.39 is 0 Å². The summed E-state index contributed by atoms with van der Waals surface area (Å²) in [5.74, 6) is 0. The van der Waals surface area contributed by atoms with Crippen molar-refractivity contribution < 1.29 is 0 Å². The molecule has 3 nitrogen and oxygen atoms in total. The van der Waals surface area contributed by atoms with Crippen molar-refractivity contribution >= 4 is 11.4 Å². The van der Waals surface area contributed by atoms with E-state index in [1.54, 1.807) is 0 Å². The van der Waals surface area contributed by atoms with E-state index in [1.165, 1.54) is 0 Å². The van der Waals surface area contributed by atoms with Gasteiger partial charge < -0.3 is 17.6 Å². The summed E-state index contributed by atoms with van der Waals surface area (Å²) in [5, 5.41) is 0. The molecule has 0 aliphatic heterocycles. The highest BCUT2D eigenvalue weighted by Crippen LogP contribution is 2.47. The molecular formula is C6H9N3. The molecule has 0 radical (unpaired) electrons. The van der Waals surface area contributed by atoms with E-state index in [4.69, 9.17) is 11.5 Å². The van der Waals surface area contributed by atoms with Gasteiger partial charge in [0.15, 0.2) is 0 Å². The predicted molar refractivity (Wildman–Crippen MR) is 39.3 cm³/mol. The van der Waals surface area contributed by atoms with E-state index in [-0.39, 0.29) is 6.15 Å². The van der Waals surface area contributed by atoms with Gasteiger partial charge >= 0.3 is 0 Å². The van der Waals surface area contributed by atoms with Crippen LogP contribution in [0.25, 0.3) is 11.1 Å². The smallest absolute Gasteiger partial charge is 0.0634 e. The van der Waals surface area contributed by atoms with Gasteiger partial charge in [-0.1, -0.05) is 12.1 Å². The van der Waals surface area contributed by atoms with Crippen molar-refractivity contribution in [3.8, 4) is 11.1 Å². The lowest BCUT2D eigenvalue weighted by Crippen LogP contribution is -2.07. The lowest BCUT2D eigenvalue weighted by Gasteiger charge is -2.21. The predicted octanol–water partition coefficient (Wildman–Crippen LogP) is 0.993. The number of rotatable bonds is 0. The highest BCUT2D eigenvalue weighted by molar-refractivity contribution is 6.05. The summed E-state index contributed by atoms with van der Waals surface area (Å²) in [5.41, 5.74) is 14.7. The fourth-order valence-corrected chi connectivity index (χ4v) is 0.947. The van der Waals surface area contributed by atoms with Crippen molar-refractivity contribution in [3.63, 3.8) is 0 Å². The Balaban J connectivity index is 0.000000405. The number of anilines is 2. The molecular weight excluding hydrogens is 114 g/mol. The van der Waals surface area contributed by atoms with E-state index in [0.717, 1.165) is 22.5 Å². The minimum Gasteiger partial charge on any atom is -0.397 e. The van der Waals surface area contributed by atoms with E-state index in [0.29, 0.717) is 0 Å². The fraction of sp³-hybridized carbons (Fsp3) is 0. The number of nitrogen functional groups attached to an aromatic ring is 2. The maximum atomic E-state index is 5.45. The van der Waals surface area contributed by atoms with Gasteiger partial charge in [0, 0.05) is 11.1 Å². The maximum absolute atomic E-state index is 5.45. The second-order valence-corrected chi connectivity index (χ2v) is 1.99. The van der Waals surface area contributed by atoms with Crippen molar-refractivity contribution in [1.29, 1.82) is 0 Å². The van der Waals surface area contributed by atoms with Gasteiger partial charge in [0.05, 0.1) is 11.4 Å². The molecule has 0 atom stereocenters. The molecule has 0 bridgehead atoms. The second kappa shape index (κ2) is 1.39. The van der Waals surface area contributed by atoms with Crippen LogP contribution in [0.4, 0.5) is 11.4 Å². The molecule has 9 heavy (non-hydrogen) atoms. The van der Waals surface area contributed by atoms with Crippen LogP contribution in [0.2, 0.25) is 0 Å². The first-order valence-corrected chi connectivity index (χ1v) is 2.49. The molecule has 0 heterocycles. The van der Waals surface area contributed by atoms with Crippen LogP contribution in [0.15, 0.2) is 12.1 Å². The third-order valence-electron chi connectivity index (χ3n) is 1.58. The monoisotopic (exact) mass is 123 g/mol. The summed E-state index contributed by atoms with van der Waals surface area (Å²) in [6, 6.07) is 3.95. The van der Waals surface area contributed by atoms with Crippen LogP contribution in [-0.2, 0) is 0 Å². The number of hydrogen-bond acceptors (Lipinski definition) is 3. The number of hydrogen-bond donors (Lipinski definition) is 3. The normalized spacial score (nSPS) is 10.2. The Morgan fingerprint density at radius 1 is 0.889 bits per heavy atom. The van der Waals surface area contributed by atoms with Crippen molar-refractivity contribution in [2.75, 3.05) is 11.5 Å². The van der Waals surface area contributed by atoms with E-state index in [2.05, 4.69) is 0 Å². The molecule has 2 aliphatic rings. The molecule has 2 aliphatic carbocycles. The van der Waals surface area contributed by atoms with Gasteiger partial charge in [0.25, 0.3) is 0 Å². The van der Waals surface area contributed by atoms with Crippen LogP contribution in [-0.4, -0.2) is 0 Å². The standard InChI is InChI=1S/C6H6N2.H3N/c7-5-3-1-2-4(3)6(5)8;/h1-2H,7-8H2;1H3. The number of fused-ring (bicyclic) bond motifs is 1. The van der Waals surface area contributed by atoms with Gasteiger partial charge in [0.1, 0.15) is 0 Å². The fourth-order valence-electron chi connectivity index (χ4n) is 0.947. The topological polar surface area (TPSA) is 87.0 Å². The van der Waals surface area contributed by atoms with Crippen molar-refractivity contribution in [1.82, 2.24) is 6.15 Å². The summed E-state index contributed by atoms with van der Waals surface area (Å²) in [7, 11) is 0. The van der Waals surface area contributed by atoms with Gasteiger partial charge in [-0.15, -0.1) is 0 Å². The minimum absolute atomic E-state index is 0. The Bertz CT molecular complexity index is 228. The Hall–Kier alpha value is -1.22.